The van der Waals surface area contributed by atoms with Crippen LogP contribution in [0, 0.1) is 11.8 Å². The smallest absolute Gasteiger partial charge is 0.410 e. The van der Waals surface area contributed by atoms with Crippen molar-refractivity contribution >= 4 is 37.0 Å². The first-order chi connectivity index (χ1) is 20.4. The fraction of sp³-hybridized carbons (Fsp3) is 0.588. The van der Waals surface area contributed by atoms with Gasteiger partial charge in [-0.05, 0) is 88.2 Å². The molecule has 4 aliphatic rings. The normalized spacial score (nSPS) is 27.8. The summed E-state index contributed by atoms with van der Waals surface area (Å²) in [5.74, 6) is 1.11. The SMILES string of the molecule is C[C@@H](N)C1CC2CCC(C1)N2.C[C@@H](NC(=O)OCc1ccccc1)C1CC2CCC(C1)N2C(=O)OCc1ccccc1.Cl.Cl. The molecular formula is C34H50Cl2N4O4. The number of benzene rings is 2. The number of fused-ring (bicyclic) bond motifs is 4. The highest BCUT2D eigenvalue weighted by atomic mass is 35.5. The molecule has 6 rings (SSSR count). The zero-order valence-corrected chi connectivity index (χ0v) is 27.6. The van der Waals surface area contributed by atoms with Gasteiger partial charge in [0.2, 0.25) is 0 Å². The van der Waals surface area contributed by atoms with Crippen molar-refractivity contribution in [1.82, 2.24) is 15.5 Å². The largest absolute Gasteiger partial charge is 0.445 e. The highest BCUT2D eigenvalue weighted by Gasteiger charge is 2.45. The molecule has 6 atom stereocenters. The van der Waals surface area contributed by atoms with Crippen LogP contribution in [0.1, 0.15) is 76.3 Å². The maximum atomic E-state index is 12.7. The number of carbonyl (C=O) groups excluding carboxylic acids is 2. The molecular weight excluding hydrogens is 599 g/mol. The Morgan fingerprint density at radius 1 is 0.795 bits per heavy atom. The van der Waals surface area contributed by atoms with E-state index in [1.54, 1.807) is 0 Å². The van der Waals surface area contributed by atoms with Gasteiger partial charge in [0.05, 0.1) is 0 Å². The number of nitrogens with two attached hydrogens (primary N) is 1. The Morgan fingerprint density at radius 3 is 1.80 bits per heavy atom. The summed E-state index contributed by atoms with van der Waals surface area (Å²) >= 11 is 0. The van der Waals surface area contributed by atoms with E-state index in [-0.39, 0.29) is 55.6 Å². The minimum absolute atomic E-state index is 0. The molecule has 0 radical (unpaired) electrons. The molecule has 2 amide bonds. The molecule has 244 valence electrons. The molecule has 2 aromatic rings. The van der Waals surface area contributed by atoms with Crippen LogP contribution in [-0.4, -0.2) is 53.3 Å². The third kappa shape index (κ3) is 9.74. The van der Waals surface area contributed by atoms with Gasteiger partial charge in [-0.25, -0.2) is 9.59 Å². The lowest BCUT2D eigenvalue weighted by atomic mass is 9.86. The lowest BCUT2D eigenvalue weighted by molar-refractivity contribution is 0.0472. The number of alkyl carbamates (subject to hydrolysis) is 1. The fourth-order valence-electron chi connectivity index (χ4n) is 7.32. The fourth-order valence-corrected chi connectivity index (χ4v) is 7.32. The number of piperidine rings is 2. The summed E-state index contributed by atoms with van der Waals surface area (Å²) in [7, 11) is 0. The van der Waals surface area contributed by atoms with E-state index >= 15 is 0 Å². The molecule has 4 heterocycles. The lowest BCUT2D eigenvalue weighted by Gasteiger charge is -2.40. The molecule has 4 saturated heterocycles. The van der Waals surface area contributed by atoms with Gasteiger partial charge in [-0.1, -0.05) is 60.7 Å². The van der Waals surface area contributed by atoms with E-state index in [1.165, 1.54) is 25.7 Å². The second kappa shape index (κ2) is 17.2. The van der Waals surface area contributed by atoms with Gasteiger partial charge in [0.1, 0.15) is 13.2 Å². The number of hydrogen-bond acceptors (Lipinski definition) is 6. The van der Waals surface area contributed by atoms with Crippen LogP contribution in [0.25, 0.3) is 0 Å². The number of ether oxygens (including phenoxy) is 2. The second-order valence-electron chi connectivity index (χ2n) is 12.8. The monoisotopic (exact) mass is 648 g/mol. The molecule has 0 spiro atoms. The minimum atomic E-state index is -0.395. The van der Waals surface area contributed by atoms with Gasteiger partial charge in [0, 0.05) is 36.3 Å². The Morgan fingerprint density at radius 2 is 1.30 bits per heavy atom. The number of amides is 2. The maximum Gasteiger partial charge on any atom is 0.410 e. The molecule has 4 N–H and O–H groups in total. The van der Waals surface area contributed by atoms with Crippen molar-refractivity contribution in [1.29, 1.82) is 0 Å². The van der Waals surface area contributed by atoms with Crippen LogP contribution in [0.5, 0.6) is 0 Å². The van der Waals surface area contributed by atoms with Crippen LogP contribution in [0.3, 0.4) is 0 Å². The van der Waals surface area contributed by atoms with E-state index in [9.17, 15) is 9.59 Å². The van der Waals surface area contributed by atoms with Gasteiger partial charge in [-0.15, -0.1) is 24.8 Å². The van der Waals surface area contributed by atoms with Crippen molar-refractivity contribution in [3.8, 4) is 0 Å². The molecule has 0 aliphatic carbocycles. The molecule has 0 aromatic heterocycles. The highest BCUT2D eigenvalue weighted by molar-refractivity contribution is 5.85. The van der Waals surface area contributed by atoms with Crippen molar-refractivity contribution in [2.45, 2.75) is 115 Å². The van der Waals surface area contributed by atoms with Gasteiger partial charge in [0.15, 0.2) is 0 Å². The summed E-state index contributed by atoms with van der Waals surface area (Å²) in [5, 5.41) is 6.60. The van der Waals surface area contributed by atoms with E-state index in [0.717, 1.165) is 54.8 Å². The van der Waals surface area contributed by atoms with Crippen molar-refractivity contribution in [3.63, 3.8) is 0 Å². The molecule has 4 bridgehead atoms. The Balaban J connectivity index is 0.000000343. The van der Waals surface area contributed by atoms with Crippen molar-refractivity contribution < 1.29 is 19.1 Å². The van der Waals surface area contributed by atoms with E-state index in [1.807, 2.05) is 72.5 Å². The molecule has 10 heteroatoms. The van der Waals surface area contributed by atoms with Gasteiger partial charge in [0.25, 0.3) is 0 Å². The van der Waals surface area contributed by atoms with Gasteiger partial charge >= 0.3 is 12.2 Å². The summed E-state index contributed by atoms with van der Waals surface area (Å²) in [4.78, 5) is 26.9. The number of nitrogens with one attached hydrogen (secondary N) is 2. The van der Waals surface area contributed by atoms with Crippen LogP contribution in [0.15, 0.2) is 60.7 Å². The van der Waals surface area contributed by atoms with E-state index < -0.39 is 6.09 Å². The van der Waals surface area contributed by atoms with Gasteiger partial charge in [-0.3, -0.25) is 0 Å². The predicted molar refractivity (Wildman–Crippen MR) is 178 cm³/mol. The van der Waals surface area contributed by atoms with E-state index in [4.69, 9.17) is 15.2 Å². The Kier molecular flexibility index (Phi) is 14.1. The standard InChI is InChI=1S/C25H30N2O4.C9H18N2.2ClH/c1-18(26-24(28)30-16-19-8-4-2-5-9-19)21-14-22-12-13-23(15-21)27(22)25(29)31-17-20-10-6-3-7-11-20;1-6(10)7-4-8-2-3-9(5-7)11-8;;/h2-11,18,21-23H,12-17H2,1H3,(H,26,28);6-9,11H,2-5,10H2,1H3;2*1H/t18-,21?,22?,23?;6-,7?,8?,9?;;/m11../s1. The number of rotatable bonds is 7. The topological polar surface area (TPSA) is 106 Å². The third-order valence-electron chi connectivity index (χ3n) is 9.70. The maximum absolute atomic E-state index is 12.7. The first-order valence-corrected chi connectivity index (χ1v) is 15.8. The van der Waals surface area contributed by atoms with Crippen LogP contribution < -0.4 is 16.4 Å². The van der Waals surface area contributed by atoms with Crippen LogP contribution in [0.4, 0.5) is 9.59 Å². The average molecular weight is 650 g/mol. The number of halogens is 2. The van der Waals surface area contributed by atoms with Crippen molar-refractivity contribution in [2.24, 2.45) is 17.6 Å². The minimum Gasteiger partial charge on any atom is -0.445 e. The van der Waals surface area contributed by atoms with Crippen LogP contribution in [0.2, 0.25) is 0 Å². The molecule has 4 aliphatic heterocycles. The summed E-state index contributed by atoms with van der Waals surface area (Å²) in [6, 6.07) is 21.7. The van der Waals surface area contributed by atoms with Crippen molar-refractivity contribution in [2.75, 3.05) is 0 Å². The van der Waals surface area contributed by atoms with E-state index in [2.05, 4.69) is 17.6 Å². The Labute approximate surface area is 275 Å². The first-order valence-electron chi connectivity index (χ1n) is 15.8. The summed E-state index contributed by atoms with van der Waals surface area (Å²) in [6.45, 7) is 4.73. The molecule has 44 heavy (non-hydrogen) atoms. The zero-order valence-electron chi connectivity index (χ0n) is 25.9. The summed E-state index contributed by atoms with van der Waals surface area (Å²) in [5.41, 5.74) is 7.85. The average Bonchev–Trinajstić information content (AvgIpc) is 3.48. The third-order valence-corrected chi connectivity index (χ3v) is 9.70. The Hall–Kier alpha value is -2.52. The number of hydrogen-bond donors (Lipinski definition) is 3. The second-order valence-corrected chi connectivity index (χ2v) is 12.8. The molecule has 0 saturated carbocycles. The lowest BCUT2D eigenvalue weighted by Crippen LogP contribution is -2.51. The quantitative estimate of drug-likeness (QED) is 0.313. The molecule has 8 nitrogen and oxygen atoms in total. The van der Waals surface area contributed by atoms with Crippen LogP contribution >= 0.6 is 24.8 Å². The van der Waals surface area contributed by atoms with Crippen molar-refractivity contribution in [3.05, 3.63) is 71.8 Å². The highest BCUT2D eigenvalue weighted by Crippen LogP contribution is 2.40. The molecule has 4 fully saturated rings. The summed E-state index contributed by atoms with van der Waals surface area (Å²) < 4.78 is 10.9. The first kappa shape index (κ1) is 36.0. The van der Waals surface area contributed by atoms with Gasteiger partial charge in [-0.2, -0.15) is 0 Å². The predicted octanol–water partition coefficient (Wildman–Crippen LogP) is 6.59. The Bertz CT molecular complexity index is 1130. The summed E-state index contributed by atoms with van der Waals surface area (Å²) in [6.07, 6.45) is 8.50. The van der Waals surface area contributed by atoms with Gasteiger partial charge < -0.3 is 30.7 Å². The number of carbonyl (C=O) groups is 2. The van der Waals surface area contributed by atoms with E-state index in [0.29, 0.717) is 18.6 Å². The molecule has 2 aromatic carbocycles. The number of nitrogens with zero attached hydrogens (tertiary/aromatic N) is 1. The molecule has 4 unspecified atom stereocenters. The zero-order chi connectivity index (χ0) is 29.5. The van der Waals surface area contributed by atoms with Crippen LogP contribution in [-0.2, 0) is 22.7 Å².